The summed E-state index contributed by atoms with van der Waals surface area (Å²) in [5.41, 5.74) is 1.74. The predicted octanol–water partition coefficient (Wildman–Crippen LogP) is 6.24. The molecule has 0 fully saturated rings. The van der Waals surface area contributed by atoms with Crippen LogP contribution in [0.3, 0.4) is 0 Å². The minimum atomic E-state index is -0.284. The van der Waals surface area contributed by atoms with E-state index in [2.05, 4.69) is 21.0 Å². The summed E-state index contributed by atoms with van der Waals surface area (Å²) in [6.45, 7) is 3.92. The van der Waals surface area contributed by atoms with E-state index in [1.54, 1.807) is 18.3 Å². The first-order valence-corrected chi connectivity index (χ1v) is 11.3. The Bertz CT molecular complexity index is 1530. The Kier molecular flexibility index (Phi) is 5.56. The third-order valence-electron chi connectivity index (χ3n) is 5.05. The van der Waals surface area contributed by atoms with Gasteiger partial charge in [-0.15, -0.1) is 0 Å². The van der Waals surface area contributed by atoms with E-state index in [0.29, 0.717) is 33.8 Å². The van der Waals surface area contributed by atoms with Crippen molar-refractivity contribution in [2.24, 2.45) is 5.10 Å². The minimum absolute atomic E-state index is 0.00510. The monoisotopic (exact) mass is 501 g/mol. The Morgan fingerprint density at radius 1 is 1.06 bits per heavy atom. The van der Waals surface area contributed by atoms with Crippen molar-refractivity contribution in [1.29, 1.82) is 0 Å². The summed E-state index contributed by atoms with van der Waals surface area (Å²) in [4.78, 5) is 18.1. The second-order valence-corrected chi connectivity index (χ2v) is 8.73. The molecule has 0 amide bonds. The number of aromatic nitrogens is 2. The maximum Gasteiger partial charge on any atom is 0.282 e. The number of benzene rings is 3. The van der Waals surface area contributed by atoms with E-state index < -0.39 is 0 Å². The Morgan fingerprint density at radius 2 is 1.85 bits per heavy atom. The largest absolute Gasteiger partial charge is 0.490 e. The van der Waals surface area contributed by atoms with Gasteiger partial charge in [0.15, 0.2) is 5.76 Å². The second-order valence-electron chi connectivity index (χ2n) is 7.81. The quantitative estimate of drug-likeness (QED) is 0.267. The zero-order valence-electron chi connectivity index (χ0n) is 18.0. The van der Waals surface area contributed by atoms with Crippen LogP contribution in [0.1, 0.15) is 19.4 Å². The van der Waals surface area contributed by atoms with E-state index in [-0.39, 0.29) is 11.7 Å². The van der Waals surface area contributed by atoms with E-state index in [0.717, 1.165) is 15.4 Å². The molecule has 164 valence electrons. The van der Waals surface area contributed by atoms with Crippen molar-refractivity contribution in [2.45, 2.75) is 20.0 Å². The summed E-state index contributed by atoms with van der Waals surface area (Å²) in [5.74, 6) is 1.46. The first-order chi connectivity index (χ1) is 16.0. The maximum absolute atomic E-state index is 13.4. The molecule has 0 N–H and O–H groups in total. The van der Waals surface area contributed by atoms with Gasteiger partial charge in [0.05, 0.1) is 23.2 Å². The molecule has 0 saturated heterocycles. The van der Waals surface area contributed by atoms with Crippen molar-refractivity contribution in [1.82, 2.24) is 9.66 Å². The normalized spacial score (nSPS) is 11.8. The van der Waals surface area contributed by atoms with Crippen LogP contribution < -0.4 is 10.3 Å². The van der Waals surface area contributed by atoms with Gasteiger partial charge < -0.3 is 9.15 Å². The predicted molar refractivity (Wildman–Crippen MR) is 134 cm³/mol. The van der Waals surface area contributed by atoms with Crippen LogP contribution in [0.5, 0.6) is 5.75 Å². The molecular weight excluding hydrogens is 482 g/mol. The lowest BCUT2D eigenvalue weighted by Gasteiger charge is -2.12. The number of ether oxygens (including phenoxy) is 1. The smallest absolute Gasteiger partial charge is 0.282 e. The molecule has 0 unspecified atom stereocenters. The summed E-state index contributed by atoms with van der Waals surface area (Å²) in [6, 6.07) is 22.4. The van der Waals surface area contributed by atoms with Crippen LogP contribution in [0.2, 0.25) is 0 Å². The molecule has 0 aliphatic carbocycles. The maximum atomic E-state index is 13.4. The van der Waals surface area contributed by atoms with Gasteiger partial charge in [-0.1, -0.05) is 46.3 Å². The van der Waals surface area contributed by atoms with Crippen LogP contribution in [0, 0.1) is 0 Å². The zero-order chi connectivity index (χ0) is 22.9. The van der Waals surface area contributed by atoms with Crippen LogP contribution in [0.4, 0.5) is 0 Å². The molecule has 6 nitrogen and oxygen atoms in total. The summed E-state index contributed by atoms with van der Waals surface area (Å²) < 4.78 is 14.1. The van der Waals surface area contributed by atoms with E-state index in [9.17, 15) is 4.79 Å². The molecule has 0 bridgehead atoms. The van der Waals surface area contributed by atoms with Crippen molar-refractivity contribution in [2.75, 3.05) is 0 Å². The lowest BCUT2D eigenvalue weighted by Crippen LogP contribution is -2.20. The van der Waals surface area contributed by atoms with Gasteiger partial charge >= 0.3 is 0 Å². The summed E-state index contributed by atoms with van der Waals surface area (Å²) in [7, 11) is 0. The number of halogens is 1. The Hall–Kier alpha value is -3.71. The van der Waals surface area contributed by atoms with Crippen LogP contribution >= 0.6 is 15.9 Å². The average molecular weight is 502 g/mol. The van der Waals surface area contributed by atoms with Crippen molar-refractivity contribution < 1.29 is 9.15 Å². The fraction of sp³-hybridized carbons (Fsp3) is 0.115. The van der Waals surface area contributed by atoms with Crippen molar-refractivity contribution >= 4 is 44.0 Å². The topological polar surface area (TPSA) is 69.6 Å². The van der Waals surface area contributed by atoms with Gasteiger partial charge in [0, 0.05) is 15.4 Å². The first-order valence-electron chi connectivity index (χ1n) is 10.5. The molecule has 0 spiro atoms. The van der Waals surface area contributed by atoms with Gasteiger partial charge in [-0.3, -0.25) is 4.79 Å². The van der Waals surface area contributed by atoms with Crippen molar-refractivity contribution in [3.63, 3.8) is 0 Å². The van der Waals surface area contributed by atoms with Crippen LogP contribution in [-0.2, 0) is 0 Å². The number of furan rings is 1. The van der Waals surface area contributed by atoms with E-state index in [1.807, 2.05) is 74.5 Å². The number of para-hydroxylation sites is 2. The van der Waals surface area contributed by atoms with Gasteiger partial charge in [-0.05, 0) is 56.3 Å². The molecule has 3 aromatic carbocycles. The standard InChI is InChI=1S/C26H20BrN3O3/c1-16(2)32-23-12-11-19(27)13-18(23)15-28-30-25(24-14-17-7-3-6-10-22(17)33-24)29-21-9-5-4-8-20(21)26(30)31/h3-16H,1-2H3. The van der Waals surface area contributed by atoms with E-state index >= 15 is 0 Å². The van der Waals surface area contributed by atoms with Crippen molar-refractivity contribution in [3.05, 3.63) is 93.2 Å². The summed E-state index contributed by atoms with van der Waals surface area (Å²) >= 11 is 3.49. The van der Waals surface area contributed by atoms with Crippen molar-refractivity contribution in [3.8, 4) is 17.3 Å². The molecule has 2 aromatic heterocycles. The summed E-state index contributed by atoms with van der Waals surface area (Å²) in [6.07, 6.45) is 1.60. The number of fused-ring (bicyclic) bond motifs is 2. The van der Waals surface area contributed by atoms with Crippen LogP contribution in [0.15, 0.2) is 91.6 Å². The Morgan fingerprint density at radius 3 is 2.67 bits per heavy atom. The van der Waals surface area contributed by atoms with Gasteiger partial charge in [-0.2, -0.15) is 9.78 Å². The van der Waals surface area contributed by atoms with Gasteiger partial charge in [0.2, 0.25) is 5.82 Å². The van der Waals surface area contributed by atoms with E-state index in [4.69, 9.17) is 14.1 Å². The molecule has 0 aliphatic rings. The molecule has 5 aromatic rings. The third kappa shape index (κ3) is 4.19. The van der Waals surface area contributed by atoms with Gasteiger partial charge in [0.1, 0.15) is 11.3 Å². The Labute approximate surface area is 198 Å². The molecule has 0 atom stereocenters. The highest BCUT2D eigenvalue weighted by atomic mass is 79.9. The lowest BCUT2D eigenvalue weighted by atomic mass is 10.2. The minimum Gasteiger partial charge on any atom is -0.490 e. The van der Waals surface area contributed by atoms with Crippen LogP contribution in [0.25, 0.3) is 33.5 Å². The highest BCUT2D eigenvalue weighted by Gasteiger charge is 2.16. The van der Waals surface area contributed by atoms with E-state index in [1.165, 1.54) is 4.68 Å². The molecule has 7 heteroatoms. The molecular formula is C26H20BrN3O3. The highest BCUT2D eigenvalue weighted by molar-refractivity contribution is 9.10. The molecule has 33 heavy (non-hydrogen) atoms. The fourth-order valence-corrected chi connectivity index (χ4v) is 3.96. The van der Waals surface area contributed by atoms with Crippen LogP contribution in [-0.4, -0.2) is 22.0 Å². The SMILES string of the molecule is CC(C)Oc1ccc(Br)cc1C=Nn1c(-c2cc3ccccc3o2)nc2ccccc2c1=O. The number of hydrogen-bond acceptors (Lipinski definition) is 5. The number of rotatable bonds is 5. The zero-order valence-corrected chi connectivity index (χ0v) is 19.6. The highest BCUT2D eigenvalue weighted by Crippen LogP contribution is 2.27. The molecule has 5 rings (SSSR count). The second kappa shape index (κ2) is 8.67. The average Bonchev–Trinajstić information content (AvgIpc) is 3.24. The van der Waals surface area contributed by atoms with Gasteiger partial charge in [0.25, 0.3) is 5.56 Å². The molecule has 0 radical (unpaired) electrons. The molecule has 2 heterocycles. The lowest BCUT2D eigenvalue weighted by molar-refractivity contribution is 0.242. The molecule has 0 saturated carbocycles. The fourth-order valence-electron chi connectivity index (χ4n) is 3.58. The van der Waals surface area contributed by atoms with Gasteiger partial charge in [-0.25, -0.2) is 4.98 Å². The Balaban J connectivity index is 1.71. The summed E-state index contributed by atoms with van der Waals surface area (Å²) in [5, 5.41) is 5.93. The first kappa shape index (κ1) is 21.2. The number of hydrogen-bond donors (Lipinski definition) is 0. The third-order valence-corrected chi connectivity index (χ3v) is 5.54. The molecule has 0 aliphatic heterocycles. The number of nitrogens with zero attached hydrogens (tertiary/aromatic N) is 3.